The van der Waals surface area contributed by atoms with E-state index < -0.39 is 15.3 Å². The molecule has 1 N–H and O–H groups in total. The molecule has 3 aliphatic rings. The summed E-state index contributed by atoms with van der Waals surface area (Å²) >= 11 is 0. The molecule has 1 aromatic carbocycles. The molecule has 7 rings (SSSR count). The summed E-state index contributed by atoms with van der Waals surface area (Å²) in [6.07, 6.45) is 3.62. The zero-order valence-corrected chi connectivity index (χ0v) is 26.9. The highest BCUT2D eigenvalue weighted by Gasteiger charge is 2.37. The van der Waals surface area contributed by atoms with Crippen molar-refractivity contribution in [3.63, 3.8) is 0 Å². The highest BCUT2D eigenvalue weighted by Crippen LogP contribution is 2.34. The van der Waals surface area contributed by atoms with Gasteiger partial charge < -0.3 is 19.7 Å². The van der Waals surface area contributed by atoms with Crippen LogP contribution in [-0.2, 0) is 32.5 Å². The van der Waals surface area contributed by atoms with Gasteiger partial charge in [-0.2, -0.15) is 0 Å². The molecule has 2 saturated heterocycles. The van der Waals surface area contributed by atoms with Crippen LogP contribution < -0.4 is 14.5 Å². The van der Waals surface area contributed by atoms with Crippen LogP contribution >= 0.6 is 0 Å². The maximum absolute atomic E-state index is 13.4. The molecule has 0 bridgehead atoms. The van der Waals surface area contributed by atoms with Crippen molar-refractivity contribution < 1.29 is 22.7 Å². The van der Waals surface area contributed by atoms with Gasteiger partial charge in [0.05, 0.1) is 52.3 Å². The van der Waals surface area contributed by atoms with Crippen LogP contribution in [0.25, 0.3) is 22.3 Å². The lowest BCUT2D eigenvalue weighted by Crippen LogP contribution is -2.45. The third kappa shape index (κ3) is 6.16. The van der Waals surface area contributed by atoms with Gasteiger partial charge in [-0.1, -0.05) is 12.1 Å². The number of fused-ring (bicyclic) bond motifs is 2. The number of pyridine rings is 3. The number of carbonyl (C=O) groups excluding carboxylic acids is 1. The molecule has 0 unspecified atom stereocenters. The fourth-order valence-corrected chi connectivity index (χ4v) is 8.52. The number of hydrogen-bond donors (Lipinski definition) is 1. The highest BCUT2D eigenvalue weighted by atomic mass is 32.2. The number of nitrogens with zero attached hydrogens (tertiary/aromatic N) is 5. The average molecular weight is 643 g/mol. The van der Waals surface area contributed by atoms with E-state index in [1.165, 1.54) is 4.31 Å². The summed E-state index contributed by atoms with van der Waals surface area (Å²) in [5, 5.41) is 3.36. The number of sulfonamides is 1. The van der Waals surface area contributed by atoms with Gasteiger partial charge in [-0.05, 0) is 81.1 Å². The molecule has 12 heteroatoms. The smallest absolute Gasteiger partial charge is 0.251 e. The van der Waals surface area contributed by atoms with E-state index in [0.29, 0.717) is 56.0 Å². The maximum Gasteiger partial charge on any atom is 0.251 e. The van der Waals surface area contributed by atoms with Gasteiger partial charge in [-0.15, -0.1) is 0 Å². The number of amides is 1. The molecule has 6 heterocycles. The maximum atomic E-state index is 13.4. The summed E-state index contributed by atoms with van der Waals surface area (Å²) in [6.45, 7) is 7.20. The molecule has 0 aliphatic carbocycles. The number of rotatable bonds is 7. The molecule has 1 amide bonds. The van der Waals surface area contributed by atoms with Gasteiger partial charge >= 0.3 is 0 Å². The predicted molar refractivity (Wildman–Crippen MR) is 176 cm³/mol. The quantitative estimate of drug-likeness (QED) is 0.317. The van der Waals surface area contributed by atoms with Gasteiger partial charge in [0.25, 0.3) is 5.91 Å². The number of benzene rings is 1. The fraction of sp³-hybridized carbons (Fsp3) is 0.412. The van der Waals surface area contributed by atoms with Crippen molar-refractivity contribution in [3.8, 4) is 11.4 Å². The first-order chi connectivity index (χ1) is 22.2. The highest BCUT2D eigenvalue weighted by molar-refractivity contribution is 7.93. The number of hydrogen-bond acceptors (Lipinski definition) is 9. The molecule has 46 heavy (non-hydrogen) atoms. The van der Waals surface area contributed by atoms with E-state index in [-0.39, 0.29) is 24.7 Å². The largest absolute Gasteiger partial charge is 0.381 e. The first-order valence-electron chi connectivity index (χ1n) is 15.9. The SMILES string of the molecule is C[C@@H]1CN(c2cccc(-c3ccc4cnc(CNC(=O)c5ccc6c(c5)N(S(=O)(=O)C5CCOCC5)CC6)cc4n3)n2)C[C@H](C)O1. The summed E-state index contributed by atoms with van der Waals surface area (Å²) in [6, 6.07) is 17.1. The molecule has 240 valence electrons. The zero-order chi connectivity index (χ0) is 31.8. The summed E-state index contributed by atoms with van der Waals surface area (Å²) in [5.41, 5.74) is 4.88. The van der Waals surface area contributed by atoms with Gasteiger partial charge in [0, 0.05) is 50.0 Å². The van der Waals surface area contributed by atoms with Gasteiger partial charge in [0.2, 0.25) is 10.0 Å². The van der Waals surface area contributed by atoms with Crippen LogP contribution in [0.4, 0.5) is 11.5 Å². The lowest BCUT2D eigenvalue weighted by atomic mass is 10.1. The van der Waals surface area contributed by atoms with Crippen molar-refractivity contribution >= 4 is 38.3 Å². The first kappa shape index (κ1) is 30.5. The molecule has 0 spiro atoms. The minimum atomic E-state index is -3.54. The predicted octanol–water partition coefficient (Wildman–Crippen LogP) is 4.11. The van der Waals surface area contributed by atoms with Crippen LogP contribution in [0, 0.1) is 0 Å². The second kappa shape index (κ2) is 12.6. The summed E-state index contributed by atoms with van der Waals surface area (Å²) in [4.78, 5) is 29.8. The van der Waals surface area contributed by atoms with Crippen molar-refractivity contribution in [3.05, 3.63) is 77.6 Å². The Morgan fingerprint density at radius 3 is 2.57 bits per heavy atom. The molecule has 3 aromatic heterocycles. The number of carbonyl (C=O) groups is 1. The van der Waals surface area contributed by atoms with Crippen LogP contribution in [-0.4, -0.2) is 79.6 Å². The summed E-state index contributed by atoms with van der Waals surface area (Å²) in [5.74, 6) is 0.602. The van der Waals surface area contributed by atoms with Crippen LogP contribution in [0.3, 0.4) is 0 Å². The van der Waals surface area contributed by atoms with E-state index in [2.05, 4.69) is 29.0 Å². The Hall–Kier alpha value is -4.13. The van der Waals surface area contributed by atoms with Crippen molar-refractivity contribution in [2.45, 2.75) is 57.1 Å². The van der Waals surface area contributed by atoms with Crippen LogP contribution in [0.5, 0.6) is 0 Å². The molecule has 11 nitrogen and oxygen atoms in total. The van der Waals surface area contributed by atoms with E-state index in [4.69, 9.17) is 19.4 Å². The van der Waals surface area contributed by atoms with Gasteiger partial charge in [-0.25, -0.2) is 18.4 Å². The van der Waals surface area contributed by atoms with Crippen LogP contribution in [0.1, 0.15) is 48.3 Å². The Kier molecular flexibility index (Phi) is 8.35. The molecule has 2 fully saturated rings. The second-order valence-corrected chi connectivity index (χ2v) is 14.5. The Balaban J connectivity index is 1.06. The Morgan fingerprint density at radius 2 is 1.76 bits per heavy atom. The lowest BCUT2D eigenvalue weighted by Gasteiger charge is -2.36. The van der Waals surface area contributed by atoms with E-state index in [9.17, 15) is 13.2 Å². The summed E-state index contributed by atoms with van der Waals surface area (Å²) < 4.78 is 39.6. The Bertz CT molecular complexity index is 1870. The van der Waals surface area contributed by atoms with E-state index in [1.807, 2.05) is 42.5 Å². The van der Waals surface area contributed by atoms with E-state index in [1.54, 1.807) is 18.3 Å². The molecule has 3 aliphatic heterocycles. The van der Waals surface area contributed by atoms with E-state index in [0.717, 1.165) is 46.8 Å². The van der Waals surface area contributed by atoms with Crippen molar-refractivity contribution in [1.29, 1.82) is 0 Å². The molecule has 0 radical (unpaired) electrons. The molecule has 4 aromatic rings. The van der Waals surface area contributed by atoms with E-state index >= 15 is 0 Å². The monoisotopic (exact) mass is 642 g/mol. The Labute approximate surface area is 269 Å². The van der Waals surface area contributed by atoms with Crippen molar-refractivity contribution in [1.82, 2.24) is 20.3 Å². The standard InChI is InChI=1S/C34H38N6O5S/c1-22-20-39(21-23(2)45-22)33-5-3-4-29(38-33)30-9-8-26-18-35-27(17-31(26)37-30)19-36-34(41)25-7-6-24-10-13-40(32(24)16-25)46(42,43)28-11-14-44-15-12-28/h3-9,16-18,22-23,28H,10-15,19-21H2,1-2H3,(H,36,41)/t22-,23+. The van der Waals surface area contributed by atoms with Crippen LogP contribution in [0.2, 0.25) is 0 Å². The fourth-order valence-electron chi connectivity index (χ4n) is 6.59. The van der Waals surface area contributed by atoms with Gasteiger partial charge in [-0.3, -0.25) is 14.1 Å². The molecule has 0 saturated carbocycles. The lowest BCUT2D eigenvalue weighted by molar-refractivity contribution is -0.00545. The molecular weight excluding hydrogens is 604 g/mol. The number of ether oxygens (including phenoxy) is 2. The summed E-state index contributed by atoms with van der Waals surface area (Å²) in [7, 11) is -3.54. The third-order valence-corrected chi connectivity index (χ3v) is 11.2. The second-order valence-electron chi connectivity index (χ2n) is 12.3. The number of morpholine rings is 1. The minimum Gasteiger partial charge on any atom is -0.381 e. The molecule has 2 atom stereocenters. The minimum absolute atomic E-state index is 0.134. The number of nitrogens with one attached hydrogen (secondary N) is 1. The Morgan fingerprint density at radius 1 is 0.978 bits per heavy atom. The van der Waals surface area contributed by atoms with Crippen molar-refractivity contribution in [2.24, 2.45) is 0 Å². The molecular formula is C34H38N6O5S. The zero-order valence-electron chi connectivity index (χ0n) is 26.1. The van der Waals surface area contributed by atoms with Gasteiger partial charge in [0.1, 0.15) is 5.82 Å². The normalized spacial score (nSPS) is 20.6. The average Bonchev–Trinajstić information content (AvgIpc) is 3.51. The number of aromatic nitrogens is 3. The van der Waals surface area contributed by atoms with Crippen molar-refractivity contribution in [2.75, 3.05) is 42.1 Å². The number of anilines is 2. The topological polar surface area (TPSA) is 127 Å². The first-order valence-corrected chi connectivity index (χ1v) is 17.4. The van der Waals surface area contributed by atoms with Gasteiger partial charge in [0.15, 0.2) is 0 Å². The third-order valence-electron chi connectivity index (χ3n) is 8.90. The van der Waals surface area contributed by atoms with Crippen LogP contribution in [0.15, 0.2) is 60.8 Å².